The second kappa shape index (κ2) is 4.13. The van der Waals surface area contributed by atoms with Crippen molar-refractivity contribution >= 4 is 9.84 Å². The molecule has 96 valence electrons. The van der Waals surface area contributed by atoms with Crippen LogP contribution < -0.4 is 0 Å². The predicted molar refractivity (Wildman–Crippen MR) is 59.5 cm³/mol. The molecule has 0 saturated heterocycles. The van der Waals surface area contributed by atoms with Crippen LogP contribution in [0, 0.1) is 11.6 Å². The lowest BCUT2D eigenvalue weighted by Gasteiger charge is -1.98. The van der Waals surface area contributed by atoms with Crippen LogP contribution in [0.5, 0.6) is 0 Å². The van der Waals surface area contributed by atoms with Crippen LogP contribution in [0.15, 0.2) is 23.4 Å². The molecule has 0 amide bonds. The topological polar surface area (TPSA) is 64.8 Å². The summed E-state index contributed by atoms with van der Waals surface area (Å²) in [4.78, 5) is 3.66. The Labute approximate surface area is 102 Å². The van der Waals surface area contributed by atoms with Crippen molar-refractivity contribution in [2.45, 2.75) is 5.16 Å². The molecule has 0 bridgehead atoms. The first-order chi connectivity index (χ1) is 8.30. The van der Waals surface area contributed by atoms with Gasteiger partial charge >= 0.3 is 0 Å². The predicted octanol–water partition coefficient (Wildman–Crippen LogP) is 1.16. The molecule has 0 aliphatic carbocycles. The highest BCUT2D eigenvalue weighted by Gasteiger charge is 2.21. The van der Waals surface area contributed by atoms with Gasteiger partial charge in [0.15, 0.2) is 5.82 Å². The van der Waals surface area contributed by atoms with Crippen molar-refractivity contribution in [2.24, 2.45) is 7.05 Å². The summed E-state index contributed by atoms with van der Waals surface area (Å²) >= 11 is 0. The van der Waals surface area contributed by atoms with Crippen molar-refractivity contribution in [1.29, 1.82) is 0 Å². The van der Waals surface area contributed by atoms with E-state index in [2.05, 4.69) is 10.1 Å². The first-order valence-electron chi connectivity index (χ1n) is 4.86. The van der Waals surface area contributed by atoms with Crippen molar-refractivity contribution in [3.05, 3.63) is 29.8 Å². The molecule has 0 aliphatic rings. The summed E-state index contributed by atoms with van der Waals surface area (Å²) in [5, 5.41) is 3.37. The Morgan fingerprint density at radius 2 is 1.78 bits per heavy atom. The van der Waals surface area contributed by atoms with Crippen molar-refractivity contribution in [1.82, 2.24) is 14.8 Å². The van der Waals surface area contributed by atoms with Gasteiger partial charge in [0.25, 0.3) is 0 Å². The van der Waals surface area contributed by atoms with Gasteiger partial charge in [-0.2, -0.15) is 4.98 Å². The molecular weight excluding hydrogens is 264 g/mol. The van der Waals surface area contributed by atoms with E-state index in [1.54, 1.807) is 0 Å². The van der Waals surface area contributed by atoms with E-state index in [0.717, 1.165) is 23.1 Å². The average Bonchev–Trinajstić information content (AvgIpc) is 2.59. The Kier molecular flexibility index (Phi) is 2.89. The van der Waals surface area contributed by atoms with E-state index in [-0.39, 0.29) is 11.0 Å². The Morgan fingerprint density at radius 1 is 1.22 bits per heavy atom. The second-order valence-electron chi connectivity index (χ2n) is 3.71. The fourth-order valence-corrected chi connectivity index (χ4v) is 2.28. The second-order valence-corrected chi connectivity index (χ2v) is 5.62. The van der Waals surface area contributed by atoms with Crippen molar-refractivity contribution in [3.8, 4) is 11.4 Å². The van der Waals surface area contributed by atoms with Crippen LogP contribution in [0.4, 0.5) is 8.78 Å². The molecule has 5 nitrogen and oxygen atoms in total. The molecule has 0 atom stereocenters. The quantitative estimate of drug-likeness (QED) is 0.823. The number of hydrogen-bond acceptors (Lipinski definition) is 4. The SMILES string of the molecule is Cn1nc(-c2c(F)cccc2F)nc1S(C)(=O)=O. The molecule has 0 spiro atoms. The number of hydrogen-bond donors (Lipinski definition) is 0. The first kappa shape index (κ1) is 12.6. The van der Waals surface area contributed by atoms with Crippen LogP contribution in [-0.2, 0) is 16.9 Å². The van der Waals surface area contributed by atoms with E-state index in [9.17, 15) is 17.2 Å². The smallest absolute Gasteiger partial charge is 0.239 e. The fraction of sp³-hybridized carbons (Fsp3) is 0.200. The van der Waals surface area contributed by atoms with Gasteiger partial charge in [0.1, 0.15) is 11.6 Å². The molecule has 0 radical (unpaired) electrons. The maximum atomic E-state index is 13.5. The minimum Gasteiger partial charge on any atom is -0.239 e. The molecule has 1 aromatic heterocycles. The third-order valence-corrected chi connectivity index (χ3v) is 3.26. The molecule has 1 heterocycles. The highest BCUT2D eigenvalue weighted by atomic mass is 32.2. The lowest BCUT2D eigenvalue weighted by molar-refractivity contribution is 0.575. The number of benzene rings is 1. The third-order valence-electron chi connectivity index (χ3n) is 2.24. The maximum absolute atomic E-state index is 13.5. The fourth-order valence-electron chi connectivity index (χ4n) is 1.51. The van der Waals surface area contributed by atoms with E-state index in [0.29, 0.717) is 0 Å². The van der Waals surface area contributed by atoms with Gasteiger partial charge < -0.3 is 0 Å². The normalized spacial score (nSPS) is 11.8. The van der Waals surface area contributed by atoms with Gasteiger partial charge in [-0.3, -0.25) is 0 Å². The van der Waals surface area contributed by atoms with Crippen molar-refractivity contribution in [3.63, 3.8) is 0 Å². The Bertz CT molecular complexity index is 690. The molecule has 0 unspecified atom stereocenters. The van der Waals surface area contributed by atoms with Crippen LogP contribution in [-0.4, -0.2) is 29.4 Å². The van der Waals surface area contributed by atoms with Crippen LogP contribution in [0.2, 0.25) is 0 Å². The summed E-state index contributed by atoms with van der Waals surface area (Å²) in [6.07, 6.45) is 0.943. The molecule has 1 aromatic carbocycles. The Morgan fingerprint density at radius 3 is 2.22 bits per heavy atom. The molecule has 2 aromatic rings. The van der Waals surface area contributed by atoms with E-state index in [1.165, 1.54) is 13.1 Å². The summed E-state index contributed by atoms with van der Waals surface area (Å²) in [7, 11) is -2.26. The highest BCUT2D eigenvalue weighted by molar-refractivity contribution is 7.90. The number of sulfone groups is 1. The number of nitrogens with zero attached hydrogens (tertiary/aromatic N) is 3. The zero-order valence-electron chi connectivity index (χ0n) is 9.55. The number of aryl methyl sites for hydroxylation is 1. The minimum absolute atomic E-state index is 0.298. The minimum atomic E-state index is -3.60. The number of halogens is 2. The standard InChI is InChI=1S/C10H9F2N3O2S/c1-15-10(18(2,16)17)13-9(14-15)8-6(11)4-3-5-7(8)12/h3-5H,1-2H3. The first-order valence-corrected chi connectivity index (χ1v) is 6.75. The molecule has 0 N–H and O–H groups in total. The lowest BCUT2D eigenvalue weighted by Crippen LogP contribution is -2.06. The van der Waals surface area contributed by atoms with Gasteiger partial charge in [-0.1, -0.05) is 6.07 Å². The molecule has 8 heteroatoms. The van der Waals surface area contributed by atoms with Gasteiger partial charge in [0.2, 0.25) is 15.0 Å². The van der Waals surface area contributed by atoms with E-state index in [1.807, 2.05) is 0 Å². The van der Waals surface area contributed by atoms with E-state index < -0.39 is 27.0 Å². The zero-order chi connectivity index (χ0) is 13.5. The monoisotopic (exact) mass is 273 g/mol. The van der Waals surface area contributed by atoms with Gasteiger partial charge in [0, 0.05) is 13.3 Å². The molecular formula is C10H9F2N3O2S. The van der Waals surface area contributed by atoms with Gasteiger partial charge in [-0.05, 0) is 12.1 Å². The summed E-state index contributed by atoms with van der Waals surface area (Å²) in [5.74, 6) is -1.99. The number of aromatic nitrogens is 3. The van der Waals surface area contributed by atoms with Gasteiger partial charge in [-0.15, -0.1) is 5.10 Å². The molecule has 2 rings (SSSR count). The van der Waals surface area contributed by atoms with Gasteiger partial charge in [-0.25, -0.2) is 21.9 Å². The average molecular weight is 273 g/mol. The summed E-state index contributed by atoms with van der Waals surface area (Å²) in [6, 6.07) is 3.30. The van der Waals surface area contributed by atoms with Crippen LogP contribution in [0.25, 0.3) is 11.4 Å². The maximum Gasteiger partial charge on any atom is 0.245 e. The Balaban J connectivity index is 2.68. The lowest BCUT2D eigenvalue weighted by atomic mass is 10.2. The molecule has 18 heavy (non-hydrogen) atoms. The summed E-state index contributed by atoms with van der Waals surface area (Å²) < 4.78 is 50.7. The zero-order valence-corrected chi connectivity index (χ0v) is 10.4. The van der Waals surface area contributed by atoms with E-state index >= 15 is 0 Å². The number of rotatable bonds is 2. The van der Waals surface area contributed by atoms with Crippen LogP contribution in [0.1, 0.15) is 0 Å². The largest absolute Gasteiger partial charge is 0.245 e. The molecule has 0 fully saturated rings. The highest BCUT2D eigenvalue weighted by Crippen LogP contribution is 2.23. The third kappa shape index (κ3) is 2.10. The Hall–Kier alpha value is -1.83. The van der Waals surface area contributed by atoms with Crippen LogP contribution in [0.3, 0.4) is 0 Å². The van der Waals surface area contributed by atoms with Gasteiger partial charge in [0.05, 0.1) is 5.56 Å². The van der Waals surface area contributed by atoms with Crippen molar-refractivity contribution in [2.75, 3.05) is 6.26 Å². The summed E-state index contributed by atoms with van der Waals surface area (Å²) in [6.45, 7) is 0. The van der Waals surface area contributed by atoms with Crippen LogP contribution >= 0.6 is 0 Å². The summed E-state index contributed by atoms with van der Waals surface area (Å²) in [5.41, 5.74) is -0.442. The molecule has 0 saturated carbocycles. The van der Waals surface area contributed by atoms with E-state index in [4.69, 9.17) is 0 Å². The molecule has 0 aliphatic heterocycles. The van der Waals surface area contributed by atoms with Crippen molar-refractivity contribution < 1.29 is 17.2 Å².